The van der Waals surface area contributed by atoms with Gasteiger partial charge in [-0.15, -0.1) is 0 Å². The second-order valence-corrected chi connectivity index (χ2v) is 7.54. The van der Waals surface area contributed by atoms with Gasteiger partial charge in [0.25, 0.3) is 11.8 Å². The van der Waals surface area contributed by atoms with Crippen LogP contribution in [0.4, 0.5) is 0 Å². The fourth-order valence-electron chi connectivity index (χ4n) is 3.53. The lowest BCUT2D eigenvalue weighted by atomic mass is 10.2. The van der Waals surface area contributed by atoms with Gasteiger partial charge < -0.3 is 20.1 Å². The number of amides is 2. The van der Waals surface area contributed by atoms with Crippen molar-refractivity contribution < 1.29 is 19.1 Å². The Morgan fingerprint density at radius 2 is 1.23 bits per heavy atom. The maximum absolute atomic E-state index is 12.4. The fraction of sp³-hybridized carbons (Fsp3) is 0.667. The summed E-state index contributed by atoms with van der Waals surface area (Å²) in [5.41, 5.74) is 0.532. The van der Waals surface area contributed by atoms with Gasteiger partial charge in [0.15, 0.2) is 0 Å². The third kappa shape index (κ3) is 7.64. The number of aromatic nitrogens is 1. The van der Waals surface area contributed by atoms with Crippen molar-refractivity contribution >= 4 is 11.8 Å². The molecule has 0 spiro atoms. The number of nitrogens with zero attached hydrogens (tertiary/aromatic N) is 3. The molecule has 9 heteroatoms. The van der Waals surface area contributed by atoms with E-state index in [-0.39, 0.29) is 23.2 Å². The predicted octanol–water partition coefficient (Wildman–Crippen LogP) is -0.0142. The molecule has 3 heterocycles. The molecule has 2 aliphatic rings. The molecule has 2 saturated heterocycles. The average Bonchev–Trinajstić information content (AvgIpc) is 2.81. The first-order valence-corrected chi connectivity index (χ1v) is 10.9. The van der Waals surface area contributed by atoms with E-state index in [2.05, 4.69) is 25.4 Å². The zero-order chi connectivity index (χ0) is 21.0. The van der Waals surface area contributed by atoms with E-state index in [4.69, 9.17) is 9.47 Å². The van der Waals surface area contributed by atoms with Crippen LogP contribution in [-0.2, 0) is 9.47 Å². The zero-order valence-electron chi connectivity index (χ0n) is 17.6. The minimum Gasteiger partial charge on any atom is -0.379 e. The molecule has 9 nitrogen and oxygen atoms in total. The molecule has 0 saturated carbocycles. The van der Waals surface area contributed by atoms with E-state index >= 15 is 0 Å². The van der Waals surface area contributed by atoms with Gasteiger partial charge >= 0.3 is 0 Å². The van der Waals surface area contributed by atoms with Gasteiger partial charge in [0.2, 0.25) is 0 Å². The van der Waals surface area contributed by atoms with E-state index in [9.17, 15) is 9.59 Å². The summed E-state index contributed by atoms with van der Waals surface area (Å²) in [4.78, 5) is 33.6. The molecule has 3 rings (SSSR count). The standard InChI is InChI=1S/C21H33N5O4/c27-20(22-6-2-8-25-10-14-29-15-11-25)18-4-1-5-19(24-18)21(28)23-7-3-9-26-12-16-30-17-13-26/h1,4-5H,2-3,6-17H2,(H,22,27)(H,23,28). The molecule has 1 aromatic rings. The third-order valence-corrected chi connectivity index (χ3v) is 5.30. The molecule has 2 fully saturated rings. The smallest absolute Gasteiger partial charge is 0.269 e. The summed E-state index contributed by atoms with van der Waals surface area (Å²) in [5, 5.41) is 5.77. The second-order valence-electron chi connectivity index (χ2n) is 7.54. The van der Waals surface area contributed by atoms with Crippen LogP contribution < -0.4 is 10.6 Å². The van der Waals surface area contributed by atoms with Gasteiger partial charge in [0, 0.05) is 39.3 Å². The quantitative estimate of drug-likeness (QED) is 0.515. The van der Waals surface area contributed by atoms with Crippen molar-refractivity contribution in [2.75, 3.05) is 78.8 Å². The van der Waals surface area contributed by atoms with Crippen LogP contribution in [-0.4, -0.2) is 105 Å². The number of pyridine rings is 1. The van der Waals surface area contributed by atoms with Crippen LogP contribution in [0.5, 0.6) is 0 Å². The predicted molar refractivity (Wildman–Crippen MR) is 113 cm³/mol. The normalized spacial score (nSPS) is 18.1. The van der Waals surface area contributed by atoms with Gasteiger partial charge in [-0.3, -0.25) is 19.4 Å². The molecule has 2 aliphatic heterocycles. The van der Waals surface area contributed by atoms with Crippen molar-refractivity contribution in [2.45, 2.75) is 12.8 Å². The molecule has 30 heavy (non-hydrogen) atoms. The fourth-order valence-corrected chi connectivity index (χ4v) is 3.53. The summed E-state index contributed by atoms with van der Waals surface area (Å²) < 4.78 is 10.7. The van der Waals surface area contributed by atoms with Crippen molar-refractivity contribution in [1.82, 2.24) is 25.4 Å². The van der Waals surface area contributed by atoms with Crippen molar-refractivity contribution in [3.8, 4) is 0 Å². The van der Waals surface area contributed by atoms with E-state index in [1.807, 2.05) is 0 Å². The number of rotatable bonds is 10. The lowest BCUT2D eigenvalue weighted by molar-refractivity contribution is 0.0374. The largest absolute Gasteiger partial charge is 0.379 e. The first kappa shape index (κ1) is 22.6. The Balaban J connectivity index is 1.35. The number of morpholine rings is 2. The van der Waals surface area contributed by atoms with Crippen LogP contribution in [0.25, 0.3) is 0 Å². The summed E-state index contributed by atoms with van der Waals surface area (Å²) in [6.45, 7) is 9.91. The molecular weight excluding hydrogens is 386 g/mol. The van der Waals surface area contributed by atoms with Crippen molar-refractivity contribution in [2.24, 2.45) is 0 Å². The summed E-state index contributed by atoms with van der Waals surface area (Å²) in [6.07, 6.45) is 1.74. The van der Waals surface area contributed by atoms with Crippen LogP contribution in [0, 0.1) is 0 Å². The van der Waals surface area contributed by atoms with E-state index in [1.54, 1.807) is 18.2 Å². The number of hydrogen-bond acceptors (Lipinski definition) is 7. The summed E-state index contributed by atoms with van der Waals surface area (Å²) in [5.74, 6) is -0.502. The first-order chi connectivity index (χ1) is 14.7. The maximum atomic E-state index is 12.4. The van der Waals surface area contributed by atoms with Gasteiger partial charge in [-0.25, -0.2) is 4.98 Å². The number of ether oxygens (including phenoxy) is 2. The zero-order valence-corrected chi connectivity index (χ0v) is 17.6. The highest BCUT2D eigenvalue weighted by Crippen LogP contribution is 2.02. The van der Waals surface area contributed by atoms with Crippen molar-refractivity contribution in [3.63, 3.8) is 0 Å². The van der Waals surface area contributed by atoms with Crippen LogP contribution >= 0.6 is 0 Å². The average molecular weight is 420 g/mol. The van der Waals surface area contributed by atoms with E-state index in [1.165, 1.54) is 0 Å². The van der Waals surface area contributed by atoms with Gasteiger partial charge in [-0.2, -0.15) is 0 Å². The monoisotopic (exact) mass is 419 g/mol. The molecule has 1 aromatic heterocycles. The number of nitrogens with one attached hydrogen (secondary N) is 2. The van der Waals surface area contributed by atoms with Gasteiger partial charge in [0.1, 0.15) is 11.4 Å². The highest BCUT2D eigenvalue weighted by atomic mass is 16.5. The topological polar surface area (TPSA) is 96.0 Å². The highest BCUT2D eigenvalue weighted by molar-refractivity contribution is 5.96. The minimum atomic E-state index is -0.251. The molecule has 0 aliphatic carbocycles. The second kappa shape index (κ2) is 12.6. The Labute approximate surface area is 178 Å². The number of carbonyl (C=O) groups is 2. The first-order valence-electron chi connectivity index (χ1n) is 10.9. The molecule has 0 unspecified atom stereocenters. The summed E-state index contributed by atoms with van der Waals surface area (Å²) in [6, 6.07) is 4.96. The van der Waals surface area contributed by atoms with Gasteiger partial charge in [-0.1, -0.05) is 6.07 Å². The van der Waals surface area contributed by atoms with Crippen LogP contribution in [0.3, 0.4) is 0 Å². The van der Waals surface area contributed by atoms with Gasteiger partial charge in [0.05, 0.1) is 26.4 Å². The minimum absolute atomic E-state index is 0.251. The Morgan fingerprint density at radius 3 is 1.67 bits per heavy atom. The van der Waals surface area contributed by atoms with E-state index in [0.29, 0.717) is 13.1 Å². The number of carbonyl (C=O) groups excluding carboxylic acids is 2. The Hall–Kier alpha value is -2.07. The lowest BCUT2D eigenvalue weighted by Crippen LogP contribution is -2.38. The molecular formula is C21H33N5O4. The van der Waals surface area contributed by atoms with Crippen LogP contribution in [0.1, 0.15) is 33.8 Å². The SMILES string of the molecule is O=C(NCCCN1CCOCC1)c1cccc(C(=O)NCCCN2CCOCC2)n1. The van der Waals surface area contributed by atoms with Gasteiger partial charge in [-0.05, 0) is 38.1 Å². The molecule has 0 bridgehead atoms. The third-order valence-electron chi connectivity index (χ3n) is 5.30. The highest BCUT2D eigenvalue weighted by Gasteiger charge is 2.14. The van der Waals surface area contributed by atoms with Crippen molar-refractivity contribution in [1.29, 1.82) is 0 Å². The lowest BCUT2D eigenvalue weighted by Gasteiger charge is -2.26. The van der Waals surface area contributed by atoms with Crippen LogP contribution in [0.2, 0.25) is 0 Å². The molecule has 0 radical (unpaired) electrons. The van der Waals surface area contributed by atoms with Crippen molar-refractivity contribution in [3.05, 3.63) is 29.6 Å². The maximum Gasteiger partial charge on any atom is 0.269 e. The number of hydrogen-bond donors (Lipinski definition) is 2. The molecule has 166 valence electrons. The van der Waals surface area contributed by atoms with E-state index in [0.717, 1.165) is 78.5 Å². The molecule has 2 N–H and O–H groups in total. The Morgan fingerprint density at radius 1 is 0.800 bits per heavy atom. The molecule has 0 atom stereocenters. The van der Waals surface area contributed by atoms with E-state index < -0.39 is 0 Å². The summed E-state index contributed by atoms with van der Waals surface area (Å²) in [7, 11) is 0. The molecule has 0 aromatic carbocycles. The Bertz CT molecular complexity index is 622. The molecule has 2 amide bonds. The Kier molecular flexibility index (Phi) is 9.49. The summed E-state index contributed by atoms with van der Waals surface area (Å²) >= 11 is 0. The van der Waals surface area contributed by atoms with Crippen LogP contribution in [0.15, 0.2) is 18.2 Å².